The number of pyridine rings is 1. The van der Waals surface area contributed by atoms with Crippen LogP contribution in [0.4, 0.5) is 15.8 Å². The standard InChI is InChI=1S/C20H13FN4O2/c21-14-6-3-7-15(11-14)23-19(26)17-9-4-10-18(24-17)20(27)25-16-8-2-1-5-13(16)12-22/h1-11H,(H,23,26)(H,25,27). The van der Waals surface area contributed by atoms with Gasteiger partial charge in [0.1, 0.15) is 23.3 Å². The van der Waals surface area contributed by atoms with Gasteiger partial charge >= 0.3 is 0 Å². The summed E-state index contributed by atoms with van der Waals surface area (Å²) in [6, 6.07) is 18.4. The van der Waals surface area contributed by atoms with E-state index in [2.05, 4.69) is 15.6 Å². The van der Waals surface area contributed by atoms with Crippen molar-refractivity contribution in [2.75, 3.05) is 10.6 Å². The number of amides is 2. The maximum atomic E-state index is 13.2. The summed E-state index contributed by atoms with van der Waals surface area (Å²) in [6.45, 7) is 0. The Morgan fingerprint density at radius 2 is 1.56 bits per heavy atom. The first-order valence-corrected chi connectivity index (χ1v) is 7.91. The van der Waals surface area contributed by atoms with Crippen LogP contribution in [-0.4, -0.2) is 16.8 Å². The normalized spacial score (nSPS) is 9.93. The monoisotopic (exact) mass is 360 g/mol. The summed E-state index contributed by atoms with van der Waals surface area (Å²) in [7, 11) is 0. The molecule has 0 aliphatic heterocycles. The number of nitriles is 1. The summed E-state index contributed by atoms with van der Waals surface area (Å²) in [5.74, 6) is -1.61. The molecule has 0 aliphatic carbocycles. The first kappa shape index (κ1) is 17.8. The second-order valence-electron chi connectivity index (χ2n) is 5.48. The molecule has 1 aromatic heterocycles. The number of nitrogens with one attached hydrogen (secondary N) is 2. The van der Waals surface area contributed by atoms with Crippen LogP contribution in [0.3, 0.4) is 0 Å². The zero-order valence-electron chi connectivity index (χ0n) is 13.9. The number of aromatic nitrogens is 1. The van der Waals surface area contributed by atoms with Crippen LogP contribution in [0, 0.1) is 17.1 Å². The van der Waals surface area contributed by atoms with Crippen molar-refractivity contribution in [3.05, 3.63) is 89.5 Å². The highest BCUT2D eigenvalue weighted by Crippen LogP contribution is 2.15. The molecule has 3 rings (SSSR count). The maximum absolute atomic E-state index is 13.2. The number of hydrogen-bond acceptors (Lipinski definition) is 4. The Labute approximate surface area is 154 Å². The van der Waals surface area contributed by atoms with Crippen molar-refractivity contribution in [2.45, 2.75) is 0 Å². The summed E-state index contributed by atoms with van der Waals surface area (Å²) >= 11 is 0. The molecule has 1 heterocycles. The highest BCUT2D eigenvalue weighted by molar-refractivity contribution is 6.06. The molecular formula is C20H13FN4O2. The first-order valence-electron chi connectivity index (χ1n) is 7.91. The SMILES string of the molecule is N#Cc1ccccc1NC(=O)c1cccc(C(=O)Nc2cccc(F)c2)n1. The number of rotatable bonds is 4. The number of anilines is 2. The van der Waals surface area contributed by atoms with E-state index in [1.54, 1.807) is 24.3 Å². The summed E-state index contributed by atoms with van der Waals surface area (Å²) < 4.78 is 13.2. The van der Waals surface area contributed by atoms with E-state index in [-0.39, 0.29) is 17.1 Å². The third-order valence-electron chi connectivity index (χ3n) is 3.59. The molecule has 0 saturated carbocycles. The lowest BCUT2D eigenvalue weighted by molar-refractivity contribution is 0.101. The molecule has 0 unspecified atom stereocenters. The largest absolute Gasteiger partial charge is 0.321 e. The second-order valence-corrected chi connectivity index (χ2v) is 5.48. The number of hydrogen-bond donors (Lipinski definition) is 2. The number of nitrogens with zero attached hydrogens (tertiary/aromatic N) is 2. The zero-order chi connectivity index (χ0) is 19.2. The molecule has 7 heteroatoms. The van der Waals surface area contributed by atoms with E-state index in [0.29, 0.717) is 11.3 Å². The lowest BCUT2D eigenvalue weighted by Crippen LogP contribution is -2.18. The number of benzene rings is 2. The fourth-order valence-electron chi connectivity index (χ4n) is 2.32. The van der Waals surface area contributed by atoms with Gasteiger partial charge in [0.25, 0.3) is 11.8 Å². The van der Waals surface area contributed by atoms with E-state index < -0.39 is 17.6 Å². The van der Waals surface area contributed by atoms with Gasteiger partial charge in [-0.15, -0.1) is 0 Å². The van der Waals surface area contributed by atoms with Crippen LogP contribution < -0.4 is 10.6 Å². The van der Waals surface area contributed by atoms with E-state index in [4.69, 9.17) is 5.26 Å². The van der Waals surface area contributed by atoms with Gasteiger partial charge in [0.2, 0.25) is 0 Å². The van der Waals surface area contributed by atoms with Gasteiger partial charge in [-0.2, -0.15) is 5.26 Å². The van der Waals surface area contributed by atoms with Gasteiger partial charge in [-0.1, -0.05) is 24.3 Å². The van der Waals surface area contributed by atoms with Crippen LogP contribution in [0.15, 0.2) is 66.7 Å². The summed E-state index contributed by atoms with van der Waals surface area (Å²) in [5, 5.41) is 14.2. The molecule has 2 aromatic carbocycles. The molecule has 0 aliphatic rings. The summed E-state index contributed by atoms with van der Waals surface area (Å²) in [5.41, 5.74) is 0.946. The molecular weight excluding hydrogens is 347 g/mol. The van der Waals surface area contributed by atoms with Crippen LogP contribution in [0.1, 0.15) is 26.5 Å². The Hall–Kier alpha value is -4.05. The van der Waals surface area contributed by atoms with E-state index in [9.17, 15) is 14.0 Å². The predicted octanol–water partition coefficient (Wildman–Crippen LogP) is 3.60. The van der Waals surface area contributed by atoms with Crippen molar-refractivity contribution in [3.8, 4) is 6.07 Å². The Kier molecular flexibility index (Phi) is 5.19. The predicted molar refractivity (Wildman–Crippen MR) is 97.7 cm³/mol. The van der Waals surface area contributed by atoms with Gasteiger partial charge in [-0.05, 0) is 42.5 Å². The van der Waals surface area contributed by atoms with Crippen molar-refractivity contribution in [2.24, 2.45) is 0 Å². The summed E-state index contributed by atoms with van der Waals surface area (Å²) in [4.78, 5) is 28.7. The molecule has 0 bridgehead atoms. The molecule has 27 heavy (non-hydrogen) atoms. The average Bonchev–Trinajstić information content (AvgIpc) is 2.68. The second kappa shape index (κ2) is 7.89. The van der Waals surface area contributed by atoms with Crippen molar-refractivity contribution in [1.82, 2.24) is 4.98 Å². The molecule has 3 aromatic rings. The van der Waals surface area contributed by atoms with Gasteiger partial charge in [-0.25, -0.2) is 9.37 Å². The molecule has 0 saturated heterocycles. The number of carbonyl (C=O) groups is 2. The van der Waals surface area contributed by atoms with Crippen molar-refractivity contribution in [3.63, 3.8) is 0 Å². The van der Waals surface area contributed by atoms with Gasteiger partial charge in [0, 0.05) is 5.69 Å². The molecule has 0 radical (unpaired) electrons. The van der Waals surface area contributed by atoms with E-state index >= 15 is 0 Å². The van der Waals surface area contributed by atoms with Crippen molar-refractivity contribution >= 4 is 23.2 Å². The van der Waals surface area contributed by atoms with Gasteiger partial charge in [0.05, 0.1) is 11.3 Å². The van der Waals surface area contributed by atoms with Gasteiger partial charge < -0.3 is 10.6 Å². The van der Waals surface area contributed by atoms with Crippen molar-refractivity contribution in [1.29, 1.82) is 5.26 Å². The van der Waals surface area contributed by atoms with Crippen LogP contribution in [0.5, 0.6) is 0 Å². The molecule has 2 amide bonds. The molecule has 0 fully saturated rings. The topological polar surface area (TPSA) is 94.9 Å². The van der Waals surface area contributed by atoms with Gasteiger partial charge in [0.15, 0.2) is 0 Å². The number of halogens is 1. The Bertz CT molecular complexity index is 1060. The average molecular weight is 360 g/mol. The summed E-state index contributed by atoms with van der Waals surface area (Å²) in [6.07, 6.45) is 0. The van der Waals surface area contributed by atoms with E-state index in [0.717, 1.165) is 0 Å². The van der Waals surface area contributed by atoms with E-state index in [1.165, 1.54) is 42.5 Å². The highest BCUT2D eigenvalue weighted by Gasteiger charge is 2.14. The lowest BCUT2D eigenvalue weighted by Gasteiger charge is -2.08. The van der Waals surface area contributed by atoms with Crippen LogP contribution >= 0.6 is 0 Å². The lowest BCUT2D eigenvalue weighted by atomic mass is 10.2. The minimum Gasteiger partial charge on any atom is -0.321 e. The minimum absolute atomic E-state index is 0.000444. The smallest absolute Gasteiger partial charge is 0.274 e. The first-order chi connectivity index (χ1) is 13.1. The highest BCUT2D eigenvalue weighted by atomic mass is 19.1. The zero-order valence-corrected chi connectivity index (χ0v) is 13.9. The van der Waals surface area contributed by atoms with Crippen LogP contribution in [-0.2, 0) is 0 Å². The Balaban J connectivity index is 1.77. The fraction of sp³-hybridized carbons (Fsp3) is 0. The molecule has 0 spiro atoms. The Morgan fingerprint density at radius 3 is 2.26 bits per heavy atom. The third-order valence-corrected chi connectivity index (χ3v) is 3.59. The molecule has 0 atom stereocenters. The van der Waals surface area contributed by atoms with Crippen LogP contribution in [0.2, 0.25) is 0 Å². The maximum Gasteiger partial charge on any atom is 0.274 e. The minimum atomic E-state index is -0.576. The molecule has 6 nitrogen and oxygen atoms in total. The Morgan fingerprint density at radius 1 is 0.889 bits per heavy atom. The number of carbonyl (C=O) groups excluding carboxylic acids is 2. The number of para-hydroxylation sites is 1. The third kappa shape index (κ3) is 4.32. The van der Waals surface area contributed by atoms with Gasteiger partial charge in [-0.3, -0.25) is 9.59 Å². The van der Waals surface area contributed by atoms with Crippen LogP contribution in [0.25, 0.3) is 0 Å². The van der Waals surface area contributed by atoms with Crippen molar-refractivity contribution < 1.29 is 14.0 Å². The molecule has 132 valence electrons. The molecule has 2 N–H and O–H groups in total. The van der Waals surface area contributed by atoms with E-state index in [1.807, 2.05) is 6.07 Å². The fourth-order valence-corrected chi connectivity index (χ4v) is 2.32. The quantitative estimate of drug-likeness (QED) is 0.743.